The highest BCUT2D eigenvalue weighted by atomic mass is 15.1. The average Bonchev–Trinajstić information content (AvgIpc) is 2.49. The molecule has 0 atom stereocenters. The molecule has 2 rings (SSSR count). The third-order valence-electron chi connectivity index (χ3n) is 4.60. The molecule has 1 fully saturated rings. The summed E-state index contributed by atoms with van der Waals surface area (Å²) in [5.74, 6) is 0. The van der Waals surface area contributed by atoms with Crippen LogP contribution in [0.25, 0.3) is 0 Å². The van der Waals surface area contributed by atoms with Crippen LogP contribution in [0.4, 0.5) is 0 Å². The number of rotatable bonds is 8. The van der Waals surface area contributed by atoms with E-state index in [2.05, 4.69) is 41.3 Å². The van der Waals surface area contributed by atoms with E-state index >= 15 is 0 Å². The Morgan fingerprint density at radius 3 is 2.71 bits per heavy atom. The maximum Gasteiger partial charge on any atom is 0.0543 e. The van der Waals surface area contributed by atoms with Gasteiger partial charge in [-0.1, -0.05) is 32.3 Å². The summed E-state index contributed by atoms with van der Waals surface area (Å²) in [5.41, 5.74) is 1.64. The van der Waals surface area contributed by atoms with Gasteiger partial charge in [-0.3, -0.25) is 9.88 Å². The fourth-order valence-corrected chi connectivity index (χ4v) is 3.62. The summed E-state index contributed by atoms with van der Waals surface area (Å²) in [6, 6.07) is 6.19. The van der Waals surface area contributed by atoms with E-state index in [1.807, 2.05) is 12.3 Å². The van der Waals surface area contributed by atoms with E-state index in [1.165, 1.54) is 57.3 Å². The highest BCUT2D eigenvalue weighted by molar-refractivity contribution is 5.03. The molecule has 1 N–H and O–H groups in total. The summed E-state index contributed by atoms with van der Waals surface area (Å²) in [7, 11) is 2.24. The molecule has 1 aliphatic carbocycles. The third kappa shape index (κ3) is 5.40. The van der Waals surface area contributed by atoms with Gasteiger partial charge in [0.2, 0.25) is 0 Å². The Hall–Kier alpha value is -0.930. The van der Waals surface area contributed by atoms with Gasteiger partial charge >= 0.3 is 0 Å². The van der Waals surface area contributed by atoms with E-state index < -0.39 is 0 Å². The molecule has 0 unspecified atom stereocenters. The summed E-state index contributed by atoms with van der Waals surface area (Å²) < 4.78 is 0. The molecule has 3 heteroatoms. The van der Waals surface area contributed by atoms with Crippen molar-refractivity contribution in [1.82, 2.24) is 15.2 Å². The summed E-state index contributed by atoms with van der Waals surface area (Å²) in [6.07, 6.45) is 10.1. The minimum atomic E-state index is 0.469. The molecule has 0 aliphatic heterocycles. The first-order chi connectivity index (χ1) is 10.2. The summed E-state index contributed by atoms with van der Waals surface area (Å²) >= 11 is 0. The van der Waals surface area contributed by atoms with Crippen LogP contribution in [0.3, 0.4) is 0 Å². The zero-order valence-electron chi connectivity index (χ0n) is 13.8. The largest absolute Gasteiger partial charge is 0.316 e. The predicted octanol–water partition coefficient (Wildman–Crippen LogP) is 3.46. The minimum absolute atomic E-state index is 0.469. The second-order valence-electron chi connectivity index (χ2n) is 6.73. The molecule has 0 amide bonds. The van der Waals surface area contributed by atoms with Gasteiger partial charge in [0.1, 0.15) is 0 Å². The smallest absolute Gasteiger partial charge is 0.0543 e. The molecule has 1 aromatic heterocycles. The quantitative estimate of drug-likeness (QED) is 0.743. The highest BCUT2D eigenvalue weighted by Crippen LogP contribution is 2.36. The van der Waals surface area contributed by atoms with Crippen LogP contribution in [0.1, 0.15) is 51.1 Å². The number of hydrogen-bond donors (Lipinski definition) is 1. The molecular weight excluding hydrogens is 258 g/mol. The lowest BCUT2D eigenvalue weighted by Crippen LogP contribution is -2.44. The molecule has 0 spiro atoms. The van der Waals surface area contributed by atoms with E-state index in [9.17, 15) is 0 Å². The first-order valence-electron chi connectivity index (χ1n) is 8.53. The van der Waals surface area contributed by atoms with Gasteiger partial charge in [0.25, 0.3) is 0 Å². The monoisotopic (exact) mass is 289 g/mol. The second-order valence-corrected chi connectivity index (χ2v) is 6.73. The Morgan fingerprint density at radius 2 is 2.05 bits per heavy atom. The number of nitrogens with one attached hydrogen (secondary N) is 1. The first kappa shape index (κ1) is 16.4. The van der Waals surface area contributed by atoms with Gasteiger partial charge < -0.3 is 5.32 Å². The summed E-state index contributed by atoms with van der Waals surface area (Å²) in [5, 5.41) is 3.67. The van der Waals surface area contributed by atoms with Crippen LogP contribution in [0.5, 0.6) is 0 Å². The van der Waals surface area contributed by atoms with Crippen LogP contribution in [0.15, 0.2) is 24.4 Å². The number of pyridine rings is 1. The van der Waals surface area contributed by atoms with Gasteiger partial charge in [-0.2, -0.15) is 0 Å². The van der Waals surface area contributed by atoms with Crippen molar-refractivity contribution < 1.29 is 0 Å². The third-order valence-corrected chi connectivity index (χ3v) is 4.60. The Labute approximate surface area is 130 Å². The van der Waals surface area contributed by atoms with Gasteiger partial charge in [0, 0.05) is 25.8 Å². The Bertz CT molecular complexity index is 385. The van der Waals surface area contributed by atoms with Crippen molar-refractivity contribution in [2.75, 3.05) is 26.7 Å². The van der Waals surface area contributed by atoms with Crippen LogP contribution >= 0.6 is 0 Å². The van der Waals surface area contributed by atoms with Crippen LogP contribution in [0.2, 0.25) is 0 Å². The fourth-order valence-electron chi connectivity index (χ4n) is 3.62. The molecule has 1 aromatic rings. The van der Waals surface area contributed by atoms with Crippen molar-refractivity contribution in [1.29, 1.82) is 0 Å². The van der Waals surface area contributed by atoms with Crippen LogP contribution in [-0.2, 0) is 6.54 Å². The lowest BCUT2D eigenvalue weighted by atomic mass is 9.73. The number of nitrogens with zero attached hydrogens (tertiary/aromatic N) is 2. The topological polar surface area (TPSA) is 28.2 Å². The maximum absolute atomic E-state index is 4.45. The lowest BCUT2D eigenvalue weighted by molar-refractivity contribution is 0.113. The molecule has 0 aromatic carbocycles. The van der Waals surface area contributed by atoms with Gasteiger partial charge in [0.05, 0.1) is 5.69 Å². The average molecular weight is 289 g/mol. The van der Waals surface area contributed by atoms with Crippen molar-refractivity contribution in [3.63, 3.8) is 0 Å². The zero-order valence-corrected chi connectivity index (χ0v) is 13.8. The molecule has 1 heterocycles. The van der Waals surface area contributed by atoms with Gasteiger partial charge in [-0.25, -0.2) is 0 Å². The van der Waals surface area contributed by atoms with Crippen LogP contribution < -0.4 is 5.32 Å². The molecule has 0 saturated heterocycles. The normalized spacial score (nSPS) is 18.0. The van der Waals surface area contributed by atoms with Crippen molar-refractivity contribution in [2.45, 2.75) is 52.0 Å². The number of aromatic nitrogens is 1. The van der Waals surface area contributed by atoms with Crippen molar-refractivity contribution >= 4 is 0 Å². The molecule has 3 nitrogen and oxygen atoms in total. The standard InChI is InChI=1S/C18H31N3/c1-3-12-19-15-18(10-6-4-7-11-18)16-21(2)14-17-9-5-8-13-20-17/h5,8-9,13,19H,3-4,6-7,10-12,14-16H2,1-2H3. The predicted molar refractivity (Wildman–Crippen MR) is 89.2 cm³/mol. The minimum Gasteiger partial charge on any atom is -0.316 e. The number of hydrogen-bond acceptors (Lipinski definition) is 3. The van der Waals surface area contributed by atoms with Crippen molar-refractivity contribution in [3.05, 3.63) is 30.1 Å². The van der Waals surface area contributed by atoms with E-state index in [0.29, 0.717) is 5.41 Å². The van der Waals surface area contributed by atoms with Crippen LogP contribution in [0, 0.1) is 5.41 Å². The highest BCUT2D eigenvalue weighted by Gasteiger charge is 2.32. The Kier molecular flexibility index (Phi) is 6.65. The summed E-state index contributed by atoms with van der Waals surface area (Å²) in [6.45, 7) is 6.70. The van der Waals surface area contributed by atoms with Crippen molar-refractivity contribution in [3.8, 4) is 0 Å². The molecule has 0 bridgehead atoms. The van der Waals surface area contributed by atoms with Crippen LogP contribution in [-0.4, -0.2) is 36.6 Å². The lowest BCUT2D eigenvalue weighted by Gasteiger charge is -2.40. The van der Waals surface area contributed by atoms with Crippen molar-refractivity contribution in [2.24, 2.45) is 5.41 Å². The molecule has 21 heavy (non-hydrogen) atoms. The molecule has 1 aliphatic rings. The SMILES string of the molecule is CCCNCC1(CN(C)Cc2ccccn2)CCCCC1. The summed E-state index contributed by atoms with van der Waals surface area (Å²) in [4.78, 5) is 6.91. The first-order valence-corrected chi connectivity index (χ1v) is 8.53. The fraction of sp³-hybridized carbons (Fsp3) is 0.722. The Balaban J connectivity index is 1.90. The van der Waals surface area contributed by atoms with Gasteiger partial charge in [0.15, 0.2) is 0 Å². The zero-order chi connectivity index (χ0) is 15.0. The molecule has 1 saturated carbocycles. The second kappa shape index (κ2) is 8.50. The van der Waals surface area contributed by atoms with Gasteiger partial charge in [-0.05, 0) is 50.4 Å². The van der Waals surface area contributed by atoms with E-state index in [-0.39, 0.29) is 0 Å². The molecule has 118 valence electrons. The van der Waals surface area contributed by atoms with Gasteiger partial charge in [-0.15, -0.1) is 0 Å². The Morgan fingerprint density at radius 1 is 1.24 bits per heavy atom. The van der Waals surface area contributed by atoms with E-state index in [4.69, 9.17) is 0 Å². The molecular formula is C18H31N3. The maximum atomic E-state index is 4.45. The van der Waals surface area contributed by atoms with E-state index in [0.717, 1.165) is 13.1 Å². The molecule has 0 radical (unpaired) electrons. The van der Waals surface area contributed by atoms with E-state index in [1.54, 1.807) is 0 Å².